The molecule has 37 heavy (non-hydrogen) atoms. The van der Waals surface area contributed by atoms with Crippen LogP contribution in [0.15, 0.2) is 24.3 Å². The fourth-order valence-corrected chi connectivity index (χ4v) is 3.26. The monoisotopic (exact) mass is 524 g/mol. The van der Waals surface area contributed by atoms with Crippen LogP contribution in [0.25, 0.3) is 0 Å². The summed E-state index contributed by atoms with van der Waals surface area (Å²) in [5.74, 6) is -7.37. The smallest absolute Gasteiger partial charge is 0.326 e. The molecular formula is C23H32N4O10. The van der Waals surface area contributed by atoms with Crippen molar-refractivity contribution in [1.29, 1.82) is 0 Å². The van der Waals surface area contributed by atoms with Crippen molar-refractivity contribution in [3.8, 4) is 5.75 Å². The molecule has 0 aromatic heterocycles. The number of nitrogens with one attached hydrogen (secondary N) is 3. The maximum Gasteiger partial charge on any atom is 0.326 e. The highest BCUT2D eigenvalue weighted by Gasteiger charge is 2.32. The zero-order chi connectivity index (χ0) is 28.3. The predicted molar refractivity (Wildman–Crippen MR) is 127 cm³/mol. The first-order valence-corrected chi connectivity index (χ1v) is 11.3. The molecule has 4 unspecified atom stereocenters. The molecule has 0 aliphatic heterocycles. The number of phenolic OH excluding ortho intramolecular Hbond substituents is 1. The standard InChI is InChI=1S/C23H32N4O10/c1-11(2)7-17(23(36)37)27-22(35)16(10-19(31)32)26-21(34)15(8-12-3-5-13(28)6-4-12)25-20(33)14(24)9-18(29)30/h3-6,11,14-17,28H,7-10,24H2,1-2H3,(H,25,33)(H,26,34)(H,27,35)(H,29,30)(H,31,32)(H,36,37). The molecule has 4 atom stereocenters. The average molecular weight is 525 g/mol. The van der Waals surface area contributed by atoms with Crippen LogP contribution in [0.5, 0.6) is 5.75 Å². The molecule has 0 aliphatic rings. The second-order valence-corrected chi connectivity index (χ2v) is 8.82. The second-order valence-electron chi connectivity index (χ2n) is 8.82. The number of carboxylic acids is 3. The summed E-state index contributed by atoms with van der Waals surface area (Å²) in [6, 6.07) is -0.404. The Morgan fingerprint density at radius 1 is 0.757 bits per heavy atom. The van der Waals surface area contributed by atoms with Crippen LogP contribution < -0.4 is 21.7 Å². The van der Waals surface area contributed by atoms with Crippen molar-refractivity contribution in [2.45, 2.75) is 63.7 Å². The Labute approximate surface area is 212 Å². The van der Waals surface area contributed by atoms with Crippen molar-refractivity contribution in [3.05, 3.63) is 29.8 Å². The van der Waals surface area contributed by atoms with Crippen LogP contribution in [0.1, 0.15) is 38.7 Å². The maximum atomic E-state index is 13.1. The van der Waals surface area contributed by atoms with Gasteiger partial charge < -0.3 is 42.1 Å². The van der Waals surface area contributed by atoms with Gasteiger partial charge in [0, 0.05) is 6.42 Å². The van der Waals surface area contributed by atoms with E-state index in [1.807, 2.05) is 0 Å². The number of nitrogens with two attached hydrogens (primary N) is 1. The van der Waals surface area contributed by atoms with E-state index >= 15 is 0 Å². The lowest BCUT2D eigenvalue weighted by Gasteiger charge is -2.25. The number of phenols is 1. The van der Waals surface area contributed by atoms with Gasteiger partial charge in [-0.2, -0.15) is 0 Å². The molecule has 1 aromatic rings. The van der Waals surface area contributed by atoms with Gasteiger partial charge in [0.1, 0.15) is 23.9 Å². The molecule has 1 rings (SSSR count). The van der Waals surface area contributed by atoms with Gasteiger partial charge in [0.05, 0.1) is 18.9 Å². The molecule has 0 aliphatic carbocycles. The molecule has 0 bridgehead atoms. The van der Waals surface area contributed by atoms with E-state index in [4.69, 9.17) is 10.8 Å². The first-order chi connectivity index (χ1) is 17.2. The van der Waals surface area contributed by atoms with Crippen LogP contribution in [0, 0.1) is 5.92 Å². The minimum atomic E-state index is -1.69. The van der Waals surface area contributed by atoms with Crippen LogP contribution >= 0.6 is 0 Å². The maximum absolute atomic E-state index is 13.1. The fourth-order valence-electron chi connectivity index (χ4n) is 3.26. The molecule has 0 saturated carbocycles. The number of amides is 3. The van der Waals surface area contributed by atoms with Crippen LogP contribution in [-0.4, -0.2) is 80.2 Å². The second kappa shape index (κ2) is 14.4. The third-order valence-corrected chi connectivity index (χ3v) is 5.07. The summed E-state index contributed by atoms with van der Waals surface area (Å²) in [5.41, 5.74) is 6.01. The highest BCUT2D eigenvalue weighted by Crippen LogP contribution is 2.12. The van der Waals surface area contributed by atoms with Gasteiger partial charge >= 0.3 is 17.9 Å². The van der Waals surface area contributed by atoms with Gasteiger partial charge in [0.15, 0.2) is 0 Å². The Hall–Kier alpha value is -4.20. The highest BCUT2D eigenvalue weighted by atomic mass is 16.4. The van der Waals surface area contributed by atoms with Crippen molar-refractivity contribution < 1.29 is 49.2 Å². The lowest BCUT2D eigenvalue weighted by atomic mass is 10.0. The molecule has 9 N–H and O–H groups in total. The number of aliphatic carboxylic acids is 3. The van der Waals surface area contributed by atoms with Gasteiger partial charge in [-0.05, 0) is 30.0 Å². The first-order valence-electron chi connectivity index (χ1n) is 11.3. The van der Waals surface area contributed by atoms with Gasteiger partial charge in [-0.3, -0.25) is 24.0 Å². The Morgan fingerprint density at radius 3 is 1.73 bits per heavy atom. The van der Waals surface area contributed by atoms with E-state index in [1.165, 1.54) is 24.3 Å². The third kappa shape index (κ3) is 11.4. The number of hydrogen-bond acceptors (Lipinski definition) is 8. The molecule has 0 spiro atoms. The molecule has 0 fully saturated rings. The van der Waals surface area contributed by atoms with Crippen LogP contribution in [0.4, 0.5) is 0 Å². The number of rotatable bonds is 15. The predicted octanol–water partition coefficient (Wildman–Crippen LogP) is -1.20. The molecule has 0 heterocycles. The molecule has 204 valence electrons. The number of carboxylic acid groups (broad SMARTS) is 3. The first kappa shape index (κ1) is 30.8. The fraction of sp³-hybridized carbons (Fsp3) is 0.478. The topological polar surface area (TPSA) is 245 Å². The van der Waals surface area contributed by atoms with Crippen LogP contribution in [-0.2, 0) is 35.2 Å². The van der Waals surface area contributed by atoms with Gasteiger partial charge in [-0.15, -0.1) is 0 Å². The van der Waals surface area contributed by atoms with E-state index in [-0.39, 0.29) is 24.5 Å². The van der Waals surface area contributed by atoms with E-state index in [0.717, 1.165) is 0 Å². The van der Waals surface area contributed by atoms with E-state index in [0.29, 0.717) is 5.56 Å². The molecule has 14 nitrogen and oxygen atoms in total. The summed E-state index contributed by atoms with van der Waals surface area (Å²) in [6.45, 7) is 3.45. The normalized spacial score (nSPS) is 14.1. The minimum Gasteiger partial charge on any atom is -0.508 e. The van der Waals surface area contributed by atoms with E-state index in [1.54, 1.807) is 13.8 Å². The minimum absolute atomic E-state index is 0.0514. The van der Waals surface area contributed by atoms with Crippen LogP contribution in [0.3, 0.4) is 0 Å². The molecule has 14 heteroatoms. The van der Waals surface area contributed by atoms with Crippen molar-refractivity contribution >= 4 is 35.6 Å². The van der Waals surface area contributed by atoms with E-state index in [2.05, 4.69) is 16.0 Å². The van der Waals surface area contributed by atoms with Gasteiger partial charge in [0.25, 0.3) is 0 Å². The lowest BCUT2D eigenvalue weighted by Crippen LogP contribution is -2.58. The summed E-state index contributed by atoms with van der Waals surface area (Å²) in [6.07, 6.45) is -1.75. The molecule has 0 saturated heterocycles. The Balaban J connectivity index is 3.16. The number of benzene rings is 1. The lowest BCUT2D eigenvalue weighted by molar-refractivity contribution is -0.144. The third-order valence-electron chi connectivity index (χ3n) is 5.07. The summed E-state index contributed by atoms with van der Waals surface area (Å²) >= 11 is 0. The van der Waals surface area contributed by atoms with E-state index in [9.17, 15) is 44.1 Å². The van der Waals surface area contributed by atoms with Gasteiger partial charge in [-0.1, -0.05) is 26.0 Å². The number of aromatic hydroxyl groups is 1. The molecule has 3 amide bonds. The van der Waals surface area contributed by atoms with Crippen molar-refractivity contribution in [2.75, 3.05) is 0 Å². The highest BCUT2D eigenvalue weighted by molar-refractivity contribution is 5.96. The number of carbonyl (C=O) groups is 6. The van der Waals surface area contributed by atoms with Gasteiger partial charge in [0.2, 0.25) is 17.7 Å². The zero-order valence-corrected chi connectivity index (χ0v) is 20.3. The largest absolute Gasteiger partial charge is 0.508 e. The Bertz CT molecular complexity index is 996. The van der Waals surface area contributed by atoms with Crippen molar-refractivity contribution in [1.82, 2.24) is 16.0 Å². The molecular weight excluding hydrogens is 492 g/mol. The van der Waals surface area contributed by atoms with Crippen molar-refractivity contribution in [2.24, 2.45) is 11.7 Å². The van der Waals surface area contributed by atoms with Crippen LogP contribution in [0.2, 0.25) is 0 Å². The summed E-state index contributed by atoms with van der Waals surface area (Å²) in [7, 11) is 0. The molecule has 1 aromatic carbocycles. The summed E-state index contributed by atoms with van der Waals surface area (Å²) in [4.78, 5) is 71.9. The SMILES string of the molecule is CC(C)CC(NC(=O)C(CC(=O)O)NC(=O)C(Cc1ccc(O)cc1)NC(=O)C(N)CC(=O)O)C(=O)O. The molecule has 0 radical (unpaired) electrons. The number of hydrogen-bond donors (Lipinski definition) is 8. The average Bonchev–Trinajstić information content (AvgIpc) is 2.77. The zero-order valence-electron chi connectivity index (χ0n) is 20.3. The van der Waals surface area contributed by atoms with E-state index < -0.39 is 72.6 Å². The summed E-state index contributed by atoms with van der Waals surface area (Å²) < 4.78 is 0. The number of carbonyl (C=O) groups excluding carboxylic acids is 3. The summed E-state index contributed by atoms with van der Waals surface area (Å²) in [5, 5.41) is 43.6. The Kier molecular flexibility index (Phi) is 12.0. The van der Waals surface area contributed by atoms with Crippen molar-refractivity contribution in [3.63, 3.8) is 0 Å². The quantitative estimate of drug-likeness (QED) is 0.135. The van der Waals surface area contributed by atoms with Gasteiger partial charge in [-0.25, -0.2) is 4.79 Å². The Morgan fingerprint density at radius 2 is 1.24 bits per heavy atom.